The number of hydrogen-bond acceptors (Lipinski definition) is 3. The molecule has 0 aliphatic heterocycles. The van der Waals surface area contributed by atoms with Crippen LogP contribution in [0.3, 0.4) is 0 Å². The quantitative estimate of drug-likeness (QED) is 0.772. The molecule has 0 aromatic heterocycles. The Hall–Kier alpha value is -3.01. The molecular formula is C18H15NO3. The van der Waals surface area contributed by atoms with Crippen molar-refractivity contribution < 1.29 is 14.6 Å². The van der Waals surface area contributed by atoms with Crippen molar-refractivity contribution in [2.24, 2.45) is 0 Å². The van der Waals surface area contributed by atoms with Crippen molar-refractivity contribution in [2.75, 3.05) is 12.4 Å². The molecule has 3 aromatic carbocycles. The van der Waals surface area contributed by atoms with Gasteiger partial charge in [-0.15, -0.1) is 0 Å². The van der Waals surface area contributed by atoms with Crippen LogP contribution in [0.25, 0.3) is 10.8 Å². The van der Waals surface area contributed by atoms with Crippen molar-refractivity contribution in [3.8, 4) is 11.5 Å². The molecule has 0 radical (unpaired) electrons. The van der Waals surface area contributed by atoms with Gasteiger partial charge in [-0.25, -0.2) is 0 Å². The highest BCUT2D eigenvalue weighted by atomic mass is 16.5. The van der Waals surface area contributed by atoms with Gasteiger partial charge in [-0.05, 0) is 35.0 Å². The fourth-order valence-electron chi connectivity index (χ4n) is 2.31. The Kier molecular flexibility index (Phi) is 3.66. The lowest BCUT2D eigenvalue weighted by molar-refractivity contribution is 0.102. The van der Waals surface area contributed by atoms with Crippen LogP contribution in [0.4, 0.5) is 5.69 Å². The zero-order chi connectivity index (χ0) is 15.5. The van der Waals surface area contributed by atoms with E-state index in [1.807, 2.05) is 24.3 Å². The van der Waals surface area contributed by atoms with Gasteiger partial charge in [-0.1, -0.05) is 30.3 Å². The maximum absolute atomic E-state index is 12.4. The molecule has 0 bridgehead atoms. The molecule has 0 spiro atoms. The molecule has 0 saturated carbocycles. The summed E-state index contributed by atoms with van der Waals surface area (Å²) in [5, 5.41) is 14.6. The van der Waals surface area contributed by atoms with Crippen LogP contribution in [-0.2, 0) is 0 Å². The van der Waals surface area contributed by atoms with Crippen LogP contribution in [0.5, 0.6) is 11.5 Å². The SMILES string of the molecule is COc1cccc(NC(=O)c2cc3ccccc3cc2O)c1. The summed E-state index contributed by atoms with van der Waals surface area (Å²) in [6, 6.07) is 17.9. The number of hydrogen-bond donors (Lipinski definition) is 2. The Morgan fingerprint density at radius 3 is 2.45 bits per heavy atom. The van der Waals surface area contributed by atoms with E-state index in [4.69, 9.17) is 4.74 Å². The number of fused-ring (bicyclic) bond motifs is 1. The molecule has 22 heavy (non-hydrogen) atoms. The second-order valence-corrected chi connectivity index (χ2v) is 4.90. The van der Waals surface area contributed by atoms with Crippen molar-refractivity contribution >= 4 is 22.4 Å². The number of amides is 1. The van der Waals surface area contributed by atoms with Crippen molar-refractivity contribution in [1.82, 2.24) is 0 Å². The zero-order valence-electron chi connectivity index (χ0n) is 12.0. The van der Waals surface area contributed by atoms with Gasteiger partial charge in [0.25, 0.3) is 5.91 Å². The van der Waals surface area contributed by atoms with Gasteiger partial charge in [0, 0.05) is 11.8 Å². The Morgan fingerprint density at radius 1 is 1.00 bits per heavy atom. The number of phenols is 1. The van der Waals surface area contributed by atoms with Crippen molar-refractivity contribution in [3.63, 3.8) is 0 Å². The number of phenolic OH excluding ortho intramolecular Hbond substituents is 1. The number of carbonyl (C=O) groups is 1. The van der Waals surface area contributed by atoms with E-state index in [9.17, 15) is 9.90 Å². The molecule has 0 unspecified atom stereocenters. The van der Waals surface area contributed by atoms with Gasteiger partial charge in [0.05, 0.1) is 12.7 Å². The molecule has 0 aliphatic rings. The fraction of sp³-hybridized carbons (Fsp3) is 0.0556. The summed E-state index contributed by atoms with van der Waals surface area (Å²) in [5.41, 5.74) is 0.846. The predicted octanol–water partition coefficient (Wildman–Crippen LogP) is 3.81. The lowest BCUT2D eigenvalue weighted by atomic mass is 10.1. The van der Waals surface area contributed by atoms with Crippen molar-refractivity contribution in [2.45, 2.75) is 0 Å². The Morgan fingerprint density at radius 2 is 1.73 bits per heavy atom. The summed E-state index contributed by atoms with van der Waals surface area (Å²) >= 11 is 0. The van der Waals surface area contributed by atoms with E-state index < -0.39 is 0 Å². The fourth-order valence-corrected chi connectivity index (χ4v) is 2.31. The molecular weight excluding hydrogens is 278 g/mol. The van der Waals surface area contributed by atoms with E-state index in [1.54, 1.807) is 43.5 Å². The molecule has 110 valence electrons. The Balaban J connectivity index is 1.92. The molecule has 0 heterocycles. The molecule has 0 aliphatic carbocycles. The first-order chi connectivity index (χ1) is 10.7. The highest BCUT2D eigenvalue weighted by Crippen LogP contribution is 2.26. The van der Waals surface area contributed by atoms with Crippen molar-refractivity contribution in [1.29, 1.82) is 0 Å². The summed E-state index contributed by atoms with van der Waals surface area (Å²) in [6.07, 6.45) is 0. The predicted molar refractivity (Wildman–Crippen MR) is 86.6 cm³/mol. The molecule has 0 fully saturated rings. The number of carbonyl (C=O) groups excluding carboxylic acids is 1. The number of aromatic hydroxyl groups is 1. The molecule has 2 N–H and O–H groups in total. The van der Waals surface area contributed by atoms with Crippen LogP contribution in [0.2, 0.25) is 0 Å². The molecule has 4 heteroatoms. The third-order valence-electron chi connectivity index (χ3n) is 3.44. The monoisotopic (exact) mass is 293 g/mol. The molecule has 3 aromatic rings. The minimum absolute atomic E-state index is 0.0425. The van der Waals surface area contributed by atoms with Gasteiger partial charge in [0.2, 0.25) is 0 Å². The minimum Gasteiger partial charge on any atom is -0.507 e. The van der Waals surface area contributed by atoms with Gasteiger partial charge in [0.1, 0.15) is 11.5 Å². The first kappa shape index (κ1) is 13.9. The average Bonchev–Trinajstić information content (AvgIpc) is 2.54. The number of benzene rings is 3. The van der Waals surface area contributed by atoms with Gasteiger partial charge >= 0.3 is 0 Å². The first-order valence-corrected chi connectivity index (χ1v) is 6.84. The molecule has 3 rings (SSSR count). The van der Waals surface area contributed by atoms with E-state index in [-0.39, 0.29) is 17.2 Å². The standard InChI is InChI=1S/C18H15NO3/c1-22-15-8-4-7-14(11-15)19-18(21)16-9-12-5-2-3-6-13(12)10-17(16)20/h2-11,20H,1H3,(H,19,21). The largest absolute Gasteiger partial charge is 0.507 e. The van der Waals surface area contributed by atoms with Crippen LogP contribution >= 0.6 is 0 Å². The third-order valence-corrected chi connectivity index (χ3v) is 3.44. The average molecular weight is 293 g/mol. The highest BCUT2D eigenvalue weighted by Gasteiger charge is 2.13. The number of methoxy groups -OCH3 is 1. The van der Waals surface area contributed by atoms with Gasteiger partial charge in [-0.3, -0.25) is 4.79 Å². The summed E-state index contributed by atoms with van der Waals surface area (Å²) in [4.78, 5) is 12.4. The summed E-state index contributed by atoms with van der Waals surface area (Å²) in [5.74, 6) is 0.246. The van der Waals surface area contributed by atoms with E-state index in [0.29, 0.717) is 11.4 Å². The van der Waals surface area contributed by atoms with Crippen LogP contribution < -0.4 is 10.1 Å². The number of rotatable bonds is 3. The second-order valence-electron chi connectivity index (χ2n) is 4.90. The Labute approximate surface area is 128 Å². The van der Waals surface area contributed by atoms with Gasteiger partial charge in [-0.2, -0.15) is 0 Å². The topological polar surface area (TPSA) is 58.6 Å². The summed E-state index contributed by atoms with van der Waals surface area (Å²) in [7, 11) is 1.57. The number of ether oxygens (including phenoxy) is 1. The third kappa shape index (κ3) is 2.72. The molecule has 1 amide bonds. The van der Waals surface area contributed by atoms with Crippen LogP contribution in [0.15, 0.2) is 60.7 Å². The van der Waals surface area contributed by atoms with Gasteiger partial charge < -0.3 is 15.2 Å². The second kappa shape index (κ2) is 5.77. The van der Waals surface area contributed by atoms with E-state index >= 15 is 0 Å². The molecule has 0 atom stereocenters. The zero-order valence-corrected chi connectivity index (χ0v) is 12.0. The first-order valence-electron chi connectivity index (χ1n) is 6.84. The van der Waals surface area contributed by atoms with Crippen LogP contribution in [0, 0.1) is 0 Å². The smallest absolute Gasteiger partial charge is 0.259 e. The maximum Gasteiger partial charge on any atom is 0.259 e. The van der Waals surface area contributed by atoms with Gasteiger partial charge in [0.15, 0.2) is 0 Å². The number of anilines is 1. The maximum atomic E-state index is 12.4. The normalized spacial score (nSPS) is 10.4. The Bertz CT molecular complexity index is 843. The van der Waals surface area contributed by atoms with Crippen LogP contribution in [-0.4, -0.2) is 18.1 Å². The lowest BCUT2D eigenvalue weighted by Gasteiger charge is -2.09. The van der Waals surface area contributed by atoms with Crippen LogP contribution in [0.1, 0.15) is 10.4 Å². The lowest BCUT2D eigenvalue weighted by Crippen LogP contribution is -2.12. The van der Waals surface area contributed by atoms with E-state index in [2.05, 4.69) is 5.32 Å². The molecule has 0 saturated heterocycles. The van der Waals surface area contributed by atoms with Crippen molar-refractivity contribution in [3.05, 3.63) is 66.2 Å². The molecule has 4 nitrogen and oxygen atoms in total. The minimum atomic E-state index is -0.364. The highest BCUT2D eigenvalue weighted by molar-refractivity contribution is 6.08. The van der Waals surface area contributed by atoms with E-state index in [1.165, 1.54) is 0 Å². The van der Waals surface area contributed by atoms with E-state index in [0.717, 1.165) is 10.8 Å². The summed E-state index contributed by atoms with van der Waals surface area (Å²) < 4.78 is 5.12. The summed E-state index contributed by atoms with van der Waals surface area (Å²) in [6.45, 7) is 0. The number of nitrogens with one attached hydrogen (secondary N) is 1.